The summed E-state index contributed by atoms with van der Waals surface area (Å²) >= 11 is 0. The van der Waals surface area contributed by atoms with Crippen molar-refractivity contribution in [3.63, 3.8) is 0 Å². The molecule has 104 valence electrons. The van der Waals surface area contributed by atoms with E-state index in [-0.39, 0.29) is 5.91 Å². The second-order valence-corrected chi connectivity index (χ2v) is 5.03. The minimum Gasteiger partial charge on any atom is -0.391 e. The first-order chi connectivity index (χ1) is 9.75. The van der Waals surface area contributed by atoms with Crippen molar-refractivity contribution >= 4 is 5.91 Å². The van der Waals surface area contributed by atoms with Crippen molar-refractivity contribution in [2.75, 3.05) is 13.1 Å². The van der Waals surface area contributed by atoms with Gasteiger partial charge in [0, 0.05) is 18.8 Å². The summed E-state index contributed by atoms with van der Waals surface area (Å²) in [6.07, 6.45) is 4.41. The molecule has 2 heterocycles. The fourth-order valence-corrected chi connectivity index (χ4v) is 2.55. The van der Waals surface area contributed by atoms with Crippen molar-refractivity contribution in [3.05, 3.63) is 48.5 Å². The molecule has 1 N–H and O–H groups in total. The number of amides is 1. The second-order valence-electron chi connectivity index (χ2n) is 5.03. The summed E-state index contributed by atoms with van der Waals surface area (Å²) in [5.74, 6) is -0.0786. The molecule has 0 spiro atoms. The Morgan fingerprint density at radius 3 is 2.85 bits per heavy atom. The Bertz CT molecular complexity index is 594. The number of piperidine rings is 1. The third-order valence-corrected chi connectivity index (χ3v) is 3.58. The number of carbonyl (C=O) groups is 1. The Labute approximate surface area is 117 Å². The molecular weight excluding hydrogens is 254 g/mol. The maximum absolute atomic E-state index is 12.6. The van der Waals surface area contributed by atoms with E-state index in [0.717, 1.165) is 18.5 Å². The molecule has 0 radical (unpaired) electrons. The smallest absolute Gasteiger partial charge is 0.272 e. The molecule has 3 rings (SSSR count). The van der Waals surface area contributed by atoms with E-state index in [0.29, 0.717) is 18.8 Å². The highest BCUT2D eigenvalue weighted by Crippen LogP contribution is 2.16. The van der Waals surface area contributed by atoms with Crippen molar-refractivity contribution in [3.8, 4) is 5.69 Å². The highest BCUT2D eigenvalue weighted by atomic mass is 16.3. The molecule has 0 aliphatic carbocycles. The highest BCUT2D eigenvalue weighted by Gasteiger charge is 2.25. The molecule has 5 nitrogen and oxygen atoms in total. The molecule has 1 aliphatic heterocycles. The number of likely N-dealkylation sites (tertiary alicyclic amines) is 1. The highest BCUT2D eigenvalue weighted by molar-refractivity contribution is 5.93. The van der Waals surface area contributed by atoms with Gasteiger partial charge in [0.25, 0.3) is 5.91 Å². The van der Waals surface area contributed by atoms with Gasteiger partial charge in [0.05, 0.1) is 18.6 Å². The molecule has 1 unspecified atom stereocenters. The van der Waals surface area contributed by atoms with Gasteiger partial charge in [0.2, 0.25) is 0 Å². The van der Waals surface area contributed by atoms with Crippen LogP contribution in [0, 0.1) is 0 Å². The second kappa shape index (κ2) is 5.46. The standard InChI is InChI=1S/C15H17N3O2/c19-13-7-4-8-17(10-13)15(20)14-9-16-11-18(14)12-5-2-1-3-6-12/h1-3,5-6,9,11,13,19H,4,7-8,10H2. The van der Waals surface area contributed by atoms with Gasteiger partial charge in [-0.1, -0.05) is 18.2 Å². The van der Waals surface area contributed by atoms with Crippen LogP contribution in [0.1, 0.15) is 23.3 Å². The fraction of sp³-hybridized carbons (Fsp3) is 0.333. The third kappa shape index (κ3) is 2.44. The van der Waals surface area contributed by atoms with Crippen molar-refractivity contribution in [1.29, 1.82) is 0 Å². The Balaban J connectivity index is 1.88. The Morgan fingerprint density at radius 1 is 1.30 bits per heavy atom. The number of nitrogens with zero attached hydrogens (tertiary/aromatic N) is 3. The summed E-state index contributed by atoms with van der Waals surface area (Å²) in [7, 11) is 0. The molecule has 1 fully saturated rings. The van der Waals surface area contributed by atoms with Crippen molar-refractivity contribution < 1.29 is 9.90 Å². The summed E-state index contributed by atoms with van der Waals surface area (Å²) in [5.41, 5.74) is 1.44. The summed E-state index contributed by atoms with van der Waals surface area (Å²) in [6, 6.07) is 9.65. The van der Waals surface area contributed by atoms with Gasteiger partial charge in [0.1, 0.15) is 5.69 Å². The van der Waals surface area contributed by atoms with Gasteiger partial charge >= 0.3 is 0 Å². The zero-order chi connectivity index (χ0) is 13.9. The van der Waals surface area contributed by atoms with Gasteiger partial charge in [-0.3, -0.25) is 9.36 Å². The molecule has 1 saturated heterocycles. The van der Waals surface area contributed by atoms with Crippen LogP contribution in [0.4, 0.5) is 0 Å². The molecule has 1 atom stereocenters. The van der Waals surface area contributed by atoms with Crippen LogP contribution in [0.2, 0.25) is 0 Å². The van der Waals surface area contributed by atoms with Gasteiger partial charge < -0.3 is 10.0 Å². The lowest BCUT2D eigenvalue weighted by molar-refractivity contribution is 0.0467. The predicted molar refractivity (Wildman–Crippen MR) is 74.7 cm³/mol. The largest absolute Gasteiger partial charge is 0.391 e. The SMILES string of the molecule is O=C(c1cncn1-c1ccccc1)N1CCCC(O)C1. The molecule has 20 heavy (non-hydrogen) atoms. The number of aromatic nitrogens is 2. The lowest BCUT2D eigenvalue weighted by Gasteiger charge is -2.30. The molecule has 1 aromatic carbocycles. The van der Waals surface area contributed by atoms with Gasteiger partial charge in [-0.25, -0.2) is 4.98 Å². The fourth-order valence-electron chi connectivity index (χ4n) is 2.55. The van der Waals surface area contributed by atoms with Crippen LogP contribution in [0.15, 0.2) is 42.9 Å². The molecule has 1 aromatic heterocycles. The minimum absolute atomic E-state index is 0.0786. The zero-order valence-electron chi connectivity index (χ0n) is 11.1. The Kier molecular flexibility index (Phi) is 3.52. The average Bonchev–Trinajstić information content (AvgIpc) is 2.97. The number of rotatable bonds is 2. The number of hydrogen-bond acceptors (Lipinski definition) is 3. The lowest BCUT2D eigenvalue weighted by Crippen LogP contribution is -2.42. The first kappa shape index (κ1) is 12.9. The first-order valence-corrected chi connectivity index (χ1v) is 6.81. The van der Waals surface area contributed by atoms with Crippen LogP contribution < -0.4 is 0 Å². The van der Waals surface area contributed by atoms with Crippen molar-refractivity contribution in [1.82, 2.24) is 14.5 Å². The third-order valence-electron chi connectivity index (χ3n) is 3.58. The topological polar surface area (TPSA) is 58.4 Å². The van der Waals surface area contributed by atoms with Gasteiger partial charge in [-0.05, 0) is 25.0 Å². The normalized spacial score (nSPS) is 19.1. The number of imidazole rings is 1. The molecule has 0 bridgehead atoms. The number of hydrogen-bond donors (Lipinski definition) is 1. The van der Waals surface area contributed by atoms with Gasteiger partial charge in [-0.2, -0.15) is 0 Å². The maximum Gasteiger partial charge on any atom is 0.272 e. The van der Waals surface area contributed by atoms with Crippen molar-refractivity contribution in [2.45, 2.75) is 18.9 Å². The van der Waals surface area contributed by atoms with E-state index in [4.69, 9.17) is 0 Å². The summed E-state index contributed by atoms with van der Waals surface area (Å²) in [4.78, 5) is 18.3. The molecular formula is C15H17N3O2. The quantitative estimate of drug-likeness (QED) is 0.900. The van der Waals surface area contributed by atoms with Crippen LogP contribution in [-0.4, -0.2) is 44.7 Å². The number of para-hydroxylation sites is 1. The molecule has 1 aliphatic rings. The Morgan fingerprint density at radius 2 is 2.10 bits per heavy atom. The average molecular weight is 271 g/mol. The molecule has 2 aromatic rings. The van der Waals surface area contributed by atoms with E-state index in [2.05, 4.69) is 4.98 Å². The monoisotopic (exact) mass is 271 g/mol. The number of aliphatic hydroxyl groups is 1. The number of aliphatic hydroxyl groups excluding tert-OH is 1. The van der Waals surface area contributed by atoms with Gasteiger partial charge in [-0.15, -0.1) is 0 Å². The van der Waals surface area contributed by atoms with E-state index < -0.39 is 6.10 Å². The van der Waals surface area contributed by atoms with Crippen LogP contribution in [0.3, 0.4) is 0 Å². The van der Waals surface area contributed by atoms with Crippen molar-refractivity contribution in [2.24, 2.45) is 0 Å². The van der Waals surface area contributed by atoms with E-state index in [9.17, 15) is 9.90 Å². The summed E-state index contributed by atoms with van der Waals surface area (Å²) < 4.78 is 1.78. The van der Waals surface area contributed by atoms with Crippen LogP contribution in [0.5, 0.6) is 0 Å². The summed E-state index contributed by atoms with van der Waals surface area (Å²) in [6.45, 7) is 1.09. The molecule has 1 amide bonds. The number of β-amino-alcohol motifs (C(OH)–C–C–N with tert-alkyl or cyclic N) is 1. The Hall–Kier alpha value is -2.14. The van der Waals surface area contributed by atoms with E-state index in [1.54, 1.807) is 22.0 Å². The molecule has 5 heteroatoms. The zero-order valence-corrected chi connectivity index (χ0v) is 11.1. The number of benzene rings is 1. The van der Waals surface area contributed by atoms with Gasteiger partial charge in [0.15, 0.2) is 0 Å². The van der Waals surface area contributed by atoms with E-state index in [1.807, 2.05) is 30.3 Å². The van der Waals surface area contributed by atoms with Crippen LogP contribution in [-0.2, 0) is 0 Å². The minimum atomic E-state index is -0.416. The van der Waals surface area contributed by atoms with Crippen LogP contribution in [0.25, 0.3) is 5.69 Å². The van der Waals surface area contributed by atoms with E-state index >= 15 is 0 Å². The van der Waals surface area contributed by atoms with E-state index in [1.165, 1.54) is 0 Å². The number of carbonyl (C=O) groups excluding carboxylic acids is 1. The predicted octanol–water partition coefficient (Wildman–Crippen LogP) is 1.47. The summed E-state index contributed by atoms with van der Waals surface area (Å²) in [5, 5.41) is 9.70. The first-order valence-electron chi connectivity index (χ1n) is 6.81. The van der Waals surface area contributed by atoms with Crippen LogP contribution >= 0.6 is 0 Å². The molecule has 0 saturated carbocycles. The maximum atomic E-state index is 12.6. The lowest BCUT2D eigenvalue weighted by atomic mass is 10.1.